The number of fused-ring (bicyclic) bond motifs is 1. The molecule has 4 rings (SSSR count). The maximum absolute atomic E-state index is 12.9. The Bertz CT molecular complexity index is 1040. The van der Waals surface area contributed by atoms with E-state index in [1.807, 2.05) is 26.8 Å². The minimum absolute atomic E-state index is 0.0439. The molecule has 1 aromatic heterocycles. The fraction of sp³-hybridized carbons (Fsp3) is 0.591. The summed E-state index contributed by atoms with van der Waals surface area (Å²) in [5.41, 5.74) is 0.0799. The van der Waals surface area contributed by atoms with Gasteiger partial charge in [0.05, 0.1) is 11.0 Å². The van der Waals surface area contributed by atoms with Crippen LogP contribution in [0.4, 0.5) is 9.59 Å². The highest BCUT2D eigenvalue weighted by Crippen LogP contribution is 2.29. The van der Waals surface area contributed by atoms with Gasteiger partial charge < -0.3 is 14.7 Å². The van der Waals surface area contributed by atoms with Crippen molar-refractivity contribution in [3.63, 3.8) is 0 Å². The van der Waals surface area contributed by atoms with Crippen molar-refractivity contribution < 1.29 is 19.4 Å². The second-order valence-corrected chi connectivity index (χ2v) is 9.40. The van der Waals surface area contributed by atoms with Gasteiger partial charge in [0.15, 0.2) is 0 Å². The number of piperidine rings is 1. The smallest absolute Gasteiger partial charge is 0.420 e. The highest BCUT2D eigenvalue weighted by atomic mass is 16.6. The fourth-order valence-corrected chi connectivity index (χ4v) is 4.75. The molecule has 1 atom stereocenters. The minimum atomic E-state index is -1.26. The van der Waals surface area contributed by atoms with Crippen molar-refractivity contribution in [3.05, 3.63) is 34.7 Å². The molecule has 1 amide bonds. The Balaban J connectivity index is 1.44. The Kier molecular flexibility index (Phi) is 5.55. The Morgan fingerprint density at radius 3 is 2.23 bits per heavy atom. The maximum Gasteiger partial charge on any atom is 0.420 e. The number of para-hydroxylation sites is 2. The average Bonchev–Trinajstić information content (AvgIpc) is 3.29. The van der Waals surface area contributed by atoms with Gasteiger partial charge >= 0.3 is 17.9 Å². The molecule has 0 spiro atoms. The quantitative estimate of drug-likeness (QED) is 0.787. The van der Waals surface area contributed by atoms with Crippen molar-refractivity contribution in [1.29, 1.82) is 0 Å². The lowest BCUT2D eigenvalue weighted by Gasteiger charge is -2.36. The number of imidazole rings is 1. The predicted octanol–water partition coefficient (Wildman–Crippen LogP) is 2.98. The molecule has 0 radical (unpaired) electrons. The van der Waals surface area contributed by atoms with Crippen molar-refractivity contribution in [2.45, 2.75) is 57.7 Å². The van der Waals surface area contributed by atoms with Crippen molar-refractivity contribution >= 4 is 23.2 Å². The van der Waals surface area contributed by atoms with E-state index in [0.29, 0.717) is 24.1 Å². The van der Waals surface area contributed by atoms with Gasteiger partial charge in [0.1, 0.15) is 5.60 Å². The molecule has 9 heteroatoms. The van der Waals surface area contributed by atoms with Gasteiger partial charge in [-0.05, 0) is 52.2 Å². The number of carboxylic acid groups (broad SMARTS) is 1. The molecule has 2 aliphatic rings. The van der Waals surface area contributed by atoms with Crippen LogP contribution >= 0.6 is 0 Å². The lowest BCUT2D eigenvalue weighted by atomic mass is 10.0. The van der Waals surface area contributed by atoms with Crippen LogP contribution in [-0.4, -0.2) is 74.0 Å². The fourth-order valence-electron chi connectivity index (χ4n) is 4.75. The Morgan fingerprint density at radius 1 is 1.00 bits per heavy atom. The first-order valence-electron chi connectivity index (χ1n) is 10.8. The van der Waals surface area contributed by atoms with Crippen molar-refractivity contribution in [2.75, 3.05) is 26.2 Å². The van der Waals surface area contributed by atoms with E-state index in [4.69, 9.17) is 4.74 Å². The van der Waals surface area contributed by atoms with Gasteiger partial charge in [-0.25, -0.2) is 14.4 Å². The van der Waals surface area contributed by atoms with Gasteiger partial charge in [0, 0.05) is 38.3 Å². The van der Waals surface area contributed by atoms with E-state index in [-0.39, 0.29) is 18.2 Å². The molecule has 2 aromatic rings. The molecular weight excluding hydrogens is 400 g/mol. The third-order valence-electron chi connectivity index (χ3n) is 6.17. The largest absolute Gasteiger partial charge is 0.464 e. The molecule has 1 unspecified atom stereocenters. The molecule has 31 heavy (non-hydrogen) atoms. The van der Waals surface area contributed by atoms with Gasteiger partial charge in [-0.3, -0.25) is 9.47 Å². The number of amides is 1. The van der Waals surface area contributed by atoms with Crippen molar-refractivity contribution in [2.24, 2.45) is 0 Å². The average molecular weight is 431 g/mol. The molecule has 0 bridgehead atoms. The molecule has 1 aromatic carbocycles. The van der Waals surface area contributed by atoms with Crippen LogP contribution in [0.5, 0.6) is 0 Å². The number of nitrogens with zero attached hydrogens (tertiary/aromatic N) is 4. The van der Waals surface area contributed by atoms with Crippen LogP contribution in [0, 0.1) is 0 Å². The van der Waals surface area contributed by atoms with Crippen molar-refractivity contribution in [3.8, 4) is 0 Å². The monoisotopic (exact) mass is 430 g/mol. The summed E-state index contributed by atoms with van der Waals surface area (Å²) >= 11 is 0. The number of carbonyl (C=O) groups excluding carboxylic acids is 1. The third-order valence-corrected chi connectivity index (χ3v) is 6.17. The normalized spacial score (nSPS) is 21.0. The first-order chi connectivity index (χ1) is 14.7. The zero-order chi connectivity index (χ0) is 22.3. The summed E-state index contributed by atoms with van der Waals surface area (Å²) in [6.45, 7) is 8.54. The number of rotatable bonds is 2. The number of hydrogen-bond acceptors (Lipinski definition) is 5. The lowest BCUT2D eigenvalue weighted by molar-refractivity contribution is 0.0274. The van der Waals surface area contributed by atoms with E-state index in [0.717, 1.165) is 36.9 Å². The Labute approximate surface area is 180 Å². The van der Waals surface area contributed by atoms with Crippen LogP contribution in [0.1, 0.15) is 46.1 Å². The molecule has 9 nitrogen and oxygen atoms in total. The molecule has 0 aliphatic carbocycles. The molecule has 1 N–H and O–H groups in total. The van der Waals surface area contributed by atoms with E-state index >= 15 is 0 Å². The molecule has 3 heterocycles. The maximum atomic E-state index is 12.9. The summed E-state index contributed by atoms with van der Waals surface area (Å²) in [5, 5.41) is 9.50. The van der Waals surface area contributed by atoms with Crippen LogP contribution in [0.2, 0.25) is 0 Å². The number of benzene rings is 1. The predicted molar refractivity (Wildman–Crippen MR) is 116 cm³/mol. The van der Waals surface area contributed by atoms with Gasteiger partial charge in [0.2, 0.25) is 0 Å². The van der Waals surface area contributed by atoms with E-state index in [9.17, 15) is 19.5 Å². The molecule has 2 fully saturated rings. The lowest BCUT2D eigenvalue weighted by Crippen LogP contribution is -2.45. The van der Waals surface area contributed by atoms with Gasteiger partial charge in [-0.1, -0.05) is 12.1 Å². The van der Waals surface area contributed by atoms with Crippen molar-refractivity contribution in [1.82, 2.24) is 18.9 Å². The number of aromatic nitrogens is 2. The summed E-state index contributed by atoms with van der Waals surface area (Å²) < 4.78 is 7.96. The highest BCUT2D eigenvalue weighted by molar-refractivity contribution is 5.86. The Hall–Kier alpha value is -2.81. The third kappa shape index (κ3) is 4.19. The minimum Gasteiger partial charge on any atom is -0.464 e. The first kappa shape index (κ1) is 21.4. The zero-order valence-electron chi connectivity index (χ0n) is 18.3. The number of hydrogen-bond donors (Lipinski definition) is 1. The first-order valence-corrected chi connectivity index (χ1v) is 10.8. The van der Waals surface area contributed by atoms with Gasteiger partial charge in [-0.15, -0.1) is 0 Å². The second kappa shape index (κ2) is 8.03. The molecule has 0 saturated carbocycles. The molecular formula is C22H30N4O5. The standard InChI is InChI=1S/C22H30N4O5/c1-22(2,3)31-21(30)24-13-10-16(14-24)23-11-8-15(9-12-23)25-17-6-4-5-7-18(17)26(19(25)27)20(28)29/h4-7,15-16H,8-14H2,1-3H3,(H,28,29). The summed E-state index contributed by atoms with van der Waals surface area (Å²) in [7, 11) is 0. The SMILES string of the molecule is CC(C)(C)OC(=O)N1CCC(N2CCC(n3c(=O)n(C(=O)O)c4ccccc43)CC2)C1. The molecule has 2 saturated heterocycles. The second-order valence-electron chi connectivity index (χ2n) is 9.40. The Morgan fingerprint density at radius 2 is 1.61 bits per heavy atom. The van der Waals surface area contributed by atoms with Gasteiger partial charge in [0.25, 0.3) is 0 Å². The van der Waals surface area contributed by atoms with E-state index < -0.39 is 17.4 Å². The number of carbonyl (C=O) groups is 2. The zero-order valence-corrected chi connectivity index (χ0v) is 18.3. The molecule has 168 valence electrons. The number of likely N-dealkylation sites (tertiary alicyclic amines) is 2. The summed E-state index contributed by atoms with van der Waals surface area (Å²) in [6, 6.07) is 7.27. The van der Waals surface area contributed by atoms with Crippen LogP contribution in [0.25, 0.3) is 11.0 Å². The van der Waals surface area contributed by atoms with Gasteiger partial charge in [-0.2, -0.15) is 4.57 Å². The summed E-state index contributed by atoms with van der Waals surface area (Å²) in [5.74, 6) is 0. The number of ether oxygens (including phenoxy) is 1. The summed E-state index contributed by atoms with van der Waals surface area (Å²) in [4.78, 5) is 41.0. The van der Waals surface area contributed by atoms with E-state index in [1.54, 1.807) is 27.7 Å². The van der Waals surface area contributed by atoms with Crippen LogP contribution < -0.4 is 5.69 Å². The van der Waals surface area contributed by atoms with Crippen LogP contribution in [0.15, 0.2) is 29.1 Å². The van der Waals surface area contributed by atoms with Crippen LogP contribution in [0.3, 0.4) is 0 Å². The van der Waals surface area contributed by atoms with E-state index in [2.05, 4.69) is 4.90 Å². The molecule has 2 aliphatic heterocycles. The van der Waals surface area contributed by atoms with Crippen LogP contribution in [-0.2, 0) is 4.74 Å². The summed E-state index contributed by atoms with van der Waals surface area (Å²) in [6.07, 6.45) is 0.901. The topological polar surface area (TPSA) is 97.0 Å². The van der Waals surface area contributed by atoms with E-state index in [1.165, 1.54) is 0 Å². The highest BCUT2D eigenvalue weighted by Gasteiger charge is 2.35.